The van der Waals surface area contributed by atoms with Crippen molar-refractivity contribution in [3.8, 4) is 5.75 Å². The summed E-state index contributed by atoms with van der Waals surface area (Å²) in [4.78, 5) is 13.8. The monoisotopic (exact) mass is 298 g/mol. The number of carbonyl (C=O) groups is 1. The number of hydrogen-bond acceptors (Lipinski definition) is 5. The summed E-state index contributed by atoms with van der Waals surface area (Å²) in [6.07, 6.45) is 0. The molecule has 1 saturated heterocycles. The number of para-hydroxylation sites is 1. The molecule has 0 atom stereocenters. The number of halogens is 1. The summed E-state index contributed by atoms with van der Waals surface area (Å²) in [7, 11) is 0. The van der Waals surface area contributed by atoms with Gasteiger partial charge in [-0.1, -0.05) is 23.7 Å². The number of nitrogens with zero attached hydrogens (tertiary/aromatic N) is 1. The number of benzene rings is 1. The number of carbonyl (C=O) groups excluding carboxylic acids is 1. The van der Waals surface area contributed by atoms with E-state index in [2.05, 4.69) is 10.2 Å². The van der Waals surface area contributed by atoms with Crippen molar-refractivity contribution in [2.24, 2.45) is 0 Å². The molecule has 0 spiro atoms. The van der Waals surface area contributed by atoms with Gasteiger partial charge in [0, 0.05) is 32.7 Å². The molecule has 20 heavy (non-hydrogen) atoms. The van der Waals surface area contributed by atoms with E-state index in [0.717, 1.165) is 32.7 Å². The molecule has 0 aliphatic carbocycles. The predicted octanol–water partition coefficient (Wildman–Crippen LogP) is 1.17. The van der Waals surface area contributed by atoms with Crippen molar-refractivity contribution in [3.05, 3.63) is 29.3 Å². The van der Waals surface area contributed by atoms with Crippen LogP contribution in [0.25, 0.3) is 0 Å². The van der Waals surface area contributed by atoms with Crippen LogP contribution in [0.15, 0.2) is 24.3 Å². The molecule has 1 fully saturated rings. The molecule has 1 aromatic carbocycles. The van der Waals surface area contributed by atoms with Crippen LogP contribution in [0.5, 0.6) is 5.75 Å². The summed E-state index contributed by atoms with van der Waals surface area (Å²) in [5, 5.41) is 3.76. The van der Waals surface area contributed by atoms with Gasteiger partial charge in [-0.3, -0.25) is 4.90 Å². The van der Waals surface area contributed by atoms with Gasteiger partial charge in [-0.2, -0.15) is 0 Å². The number of ether oxygens (including phenoxy) is 2. The van der Waals surface area contributed by atoms with E-state index in [4.69, 9.17) is 21.1 Å². The van der Waals surface area contributed by atoms with Crippen LogP contribution in [0.1, 0.15) is 0 Å². The van der Waals surface area contributed by atoms with Crippen molar-refractivity contribution in [2.75, 3.05) is 45.9 Å². The van der Waals surface area contributed by atoms with Gasteiger partial charge >= 0.3 is 5.97 Å². The van der Waals surface area contributed by atoms with Crippen molar-refractivity contribution < 1.29 is 14.3 Å². The Morgan fingerprint density at radius 1 is 1.30 bits per heavy atom. The minimum absolute atomic E-state index is 0.120. The first-order chi connectivity index (χ1) is 9.75. The van der Waals surface area contributed by atoms with Gasteiger partial charge in [-0.15, -0.1) is 0 Å². The van der Waals surface area contributed by atoms with Crippen molar-refractivity contribution >= 4 is 17.6 Å². The van der Waals surface area contributed by atoms with Gasteiger partial charge in [-0.05, 0) is 12.1 Å². The van der Waals surface area contributed by atoms with Crippen LogP contribution in [0, 0.1) is 0 Å². The fraction of sp³-hybridized carbons (Fsp3) is 0.500. The van der Waals surface area contributed by atoms with E-state index in [1.54, 1.807) is 24.3 Å². The van der Waals surface area contributed by atoms with E-state index >= 15 is 0 Å². The summed E-state index contributed by atoms with van der Waals surface area (Å²) in [6.45, 7) is 5.00. The summed E-state index contributed by atoms with van der Waals surface area (Å²) >= 11 is 5.92. The third kappa shape index (κ3) is 5.00. The lowest BCUT2D eigenvalue weighted by Crippen LogP contribution is -2.44. The molecule has 6 heteroatoms. The van der Waals surface area contributed by atoms with Gasteiger partial charge in [0.1, 0.15) is 12.4 Å². The minimum atomic E-state index is -0.375. The Bertz CT molecular complexity index is 436. The maximum absolute atomic E-state index is 11.5. The van der Waals surface area contributed by atoms with E-state index < -0.39 is 0 Å². The first kappa shape index (κ1) is 15.1. The lowest BCUT2D eigenvalue weighted by atomic mass is 10.3. The van der Waals surface area contributed by atoms with Crippen LogP contribution >= 0.6 is 11.6 Å². The topological polar surface area (TPSA) is 50.8 Å². The molecule has 0 aromatic heterocycles. The second-order valence-electron chi connectivity index (χ2n) is 4.53. The average molecular weight is 299 g/mol. The lowest BCUT2D eigenvalue weighted by molar-refractivity contribution is -0.146. The van der Waals surface area contributed by atoms with Crippen molar-refractivity contribution in [2.45, 2.75) is 0 Å². The Hall–Kier alpha value is -1.30. The second-order valence-corrected chi connectivity index (χ2v) is 4.94. The number of esters is 1. The molecule has 5 nitrogen and oxygen atoms in total. The zero-order valence-electron chi connectivity index (χ0n) is 11.3. The molecule has 0 unspecified atom stereocenters. The van der Waals surface area contributed by atoms with Crippen LogP contribution in [-0.4, -0.2) is 56.8 Å². The fourth-order valence-corrected chi connectivity index (χ4v) is 2.15. The third-order valence-corrected chi connectivity index (χ3v) is 3.37. The van der Waals surface area contributed by atoms with Gasteiger partial charge in [0.15, 0.2) is 6.61 Å². The van der Waals surface area contributed by atoms with Crippen LogP contribution in [0.3, 0.4) is 0 Å². The molecule has 110 valence electrons. The largest absolute Gasteiger partial charge is 0.480 e. The molecule has 1 aromatic rings. The van der Waals surface area contributed by atoms with E-state index in [9.17, 15) is 4.79 Å². The summed E-state index contributed by atoms with van der Waals surface area (Å²) in [6, 6.07) is 7.04. The summed E-state index contributed by atoms with van der Waals surface area (Å²) in [5.74, 6) is 0.119. The van der Waals surface area contributed by atoms with Gasteiger partial charge in [-0.25, -0.2) is 4.79 Å². The average Bonchev–Trinajstić information content (AvgIpc) is 2.47. The molecular weight excluding hydrogens is 280 g/mol. The quantitative estimate of drug-likeness (QED) is 0.799. The molecule has 1 aliphatic heterocycles. The zero-order chi connectivity index (χ0) is 14.2. The molecular formula is C14H19ClN2O3. The number of piperazine rings is 1. The Kier molecular flexibility index (Phi) is 6.11. The Morgan fingerprint density at radius 2 is 2.05 bits per heavy atom. The highest BCUT2D eigenvalue weighted by Gasteiger charge is 2.11. The molecule has 0 bridgehead atoms. The van der Waals surface area contributed by atoms with Crippen LogP contribution in [0.2, 0.25) is 5.02 Å². The Morgan fingerprint density at radius 3 is 2.80 bits per heavy atom. The first-order valence-corrected chi connectivity index (χ1v) is 7.09. The fourth-order valence-electron chi connectivity index (χ4n) is 1.96. The normalized spacial score (nSPS) is 15.8. The number of hydrogen-bond donors (Lipinski definition) is 1. The maximum Gasteiger partial charge on any atom is 0.344 e. The highest BCUT2D eigenvalue weighted by Crippen LogP contribution is 2.22. The minimum Gasteiger partial charge on any atom is -0.480 e. The van der Waals surface area contributed by atoms with E-state index in [1.807, 2.05) is 0 Å². The van der Waals surface area contributed by atoms with Crippen LogP contribution in [0.4, 0.5) is 0 Å². The smallest absolute Gasteiger partial charge is 0.344 e. The van der Waals surface area contributed by atoms with Gasteiger partial charge < -0.3 is 14.8 Å². The summed E-state index contributed by atoms with van der Waals surface area (Å²) in [5.41, 5.74) is 0. The van der Waals surface area contributed by atoms with E-state index in [1.165, 1.54) is 0 Å². The molecule has 0 saturated carbocycles. The predicted molar refractivity (Wildman–Crippen MR) is 77.2 cm³/mol. The molecule has 0 radical (unpaired) electrons. The van der Waals surface area contributed by atoms with Gasteiger partial charge in [0.2, 0.25) is 0 Å². The van der Waals surface area contributed by atoms with Crippen molar-refractivity contribution in [3.63, 3.8) is 0 Å². The first-order valence-electron chi connectivity index (χ1n) is 6.72. The van der Waals surface area contributed by atoms with Crippen LogP contribution in [-0.2, 0) is 9.53 Å². The highest BCUT2D eigenvalue weighted by atomic mass is 35.5. The molecule has 2 rings (SSSR count). The van der Waals surface area contributed by atoms with E-state index in [0.29, 0.717) is 17.4 Å². The number of nitrogens with one attached hydrogen (secondary N) is 1. The molecule has 1 N–H and O–H groups in total. The van der Waals surface area contributed by atoms with E-state index in [-0.39, 0.29) is 12.6 Å². The highest BCUT2D eigenvalue weighted by molar-refractivity contribution is 6.32. The van der Waals surface area contributed by atoms with Crippen molar-refractivity contribution in [1.29, 1.82) is 0 Å². The van der Waals surface area contributed by atoms with Crippen molar-refractivity contribution in [1.82, 2.24) is 10.2 Å². The van der Waals surface area contributed by atoms with Crippen LogP contribution < -0.4 is 10.1 Å². The molecule has 0 amide bonds. The van der Waals surface area contributed by atoms with Gasteiger partial charge in [0.05, 0.1) is 5.02 Å². The Balaban J connectivity index is 1.62. The maximum atomic E-state index is 11.5. The molecule has 1 aliphatic rings. The lowest BCUT2D eigenvalue weighted by Gasteiger charge is -2.26. The number of rotatable bonds is 6. The summed E-state index contributed by atoms with van der Waals surface area (Å²) < 4.78 is 10.4. The second kappa shape index (κ2) is 8.09. The SMILES string of the molecule is O=C(COc1ccccc1Cl)OCCN1CCNCC1. The third-order valence-electron chi connectivity index (χ3n) is 3.06. The standard InChI is InChI=1S/C14H19ClN2O3/c15-12-3-1-2-4-13(12)20-11-14(18)19-10-9-17-7-5-16-6-8-17/h1-4,16H,5-11H2. The Labute approximate surface area is 123 Å². The molecule has 1 heterocycles. The zero-order valence-corrected chi connectivity index (χ0v) is 12.1. The van der Waals surface area contributed by atoms with Gasteiger partial charge in [0.25, 0.3) is 0 Å².